The highest BCUT2D eigenvalue weighted by molar-refractivity contribution is 5.24. The Morgan fingerprint density at radius 3 is 2.08 bits per heavy atom. The lowest BCUT2D eigenvalue weighted by molar-refractivity contribution is 0.515. The Morgan fingerprint density at radius 2 is 1.58 bits per heavy atom. The first kappa shape index (κ1) is 11.7. The van der Waals surface area contributed by atoms with Crippen LogP contribution in [0.1, 0.15) is 58.8 Å². The summed E-state index contributed by atoms with van der Waals surface area (Å²) in [7, 11) is 0. The fourth-order valence-corrected chi connectivity index (χ4v) is 1.40. The van der Waals surface area contributed by atoms with E-state index in [1.807, 2.05) is 0 Å². The molecule has 1 unspecified atom stereocenters. The van der Waals surface area contributed by atoms with E-state index in [2.05, 4.69) is 25.6 Å². The van der Waals surface area contributed by atoms with E-state index in [0.717, 1.165) is 0 Å². The van der Waals surface area contributed by atoms with Crippen molar-refractivity contribution in [3.8, 4) is 0 Å². The zero-order valence-corrected chi connectivity index (χ0v) is 8.68. The van der Waals surface area contributed by atoms with Crippen molar-refractivity contribution in [2.75, 3.05) is 0 Å². The van der Waals surface area contributed by atoms with Crippen LogP contribution >= 0.6 is 0 Å². The first-order valence-electron chi connectivity index (χ1n) is 5.31. The van der Waals surface area contributed by atoms with Crippen LogP contribution in [0.15, 0.2) is 4.99 Å². The average molecular weight is 169 g/mol. The molecule has 0 saturated carbocycles. The number of aliphatic imine (C=N–C) groups is 1. The summed E-state index contributed by atoms with van der Waals surface area (Å²) in [5, 5.41) is 0. The zero-order chi connectivity index (χ0) is 9.23. The molecule has 0 aromatic heterocycles. The van der Waals surface area contributed by atoms with Crippen LogP contribution in [0.4, 0.5) is 0 Å². The largest absolute Gasteiger partial charge is 0.298 e. The summed E-state index contributed by atoms with van der Waals surface area (Å²) in [4.78, 5) is 4.15. The van der Waals surface area contributed by atoms with Gasteiger partial charge in [0.05, 0.1) is 0 Å². The Hall–Kier alpha value is -0.330. The van der Waals surface area contributed by atoms with Crippen LogP contribution in [-0.4, -0.2) is 12.8 Å². The Kier molecular flexibility index (Phi) is 8.52. The molecule has 0 N–H and O–H groups in total. The minimum absolute atomic E-state index is 0.538. The zero-order valence-electron chi connectivity index (χ0n) is 8.68. The lowest BCUT2D eigenvalue weighted by atomic mass is 10.0. The SMILES string of the molecule is C=NC(CCCC)CCCCC. The van der Waals surface area contributed by atoms with Gasteiger partial charge in [-0.05, 0) is 19.6 Å². The van der Waals surface area contributed by atoms with Gasteiger partial charge in [0, 0.05) is 6.04 Å². The van der Waals surface area contributed by atoms with Gasteiger partial charge in [0.1, 0.15) is 0 Å². The molecule has 0 aliphatic heterocycles. The predicted molar refractivity (Wildman–Crippen MR) is 57.0 cm³/mol. The third-order valence-corrected chi connectivity index (χ3v) is 2.29. The van der Waals surface area contributed by atoms with Crippen LogP contribution in [-0.2, 0) is 0 Å². The van der Waals surface area contributed by atoms with Gasteiger partial charge in [-0.3, -0.25) is 4.99 Å². The maximum absolute atomic E-state index is 4.15. The van der Waals surface area contributed by atoms with Crippen molar-refractivity contribution in [3.63, 3.8) is 0 Å². The monoisotopic (exact) mass is 169 g/mol. The number of rotatable bonds is 8. The fourth-order valence-electron chi connectivity index (χ4n) is 1.40. The number of hydrogen-bond acceptors (Lipinski definition) is 1. The first-order chi connectivity index (χ1) is 5.85. The Bertz CT molecular complexity index is 99.2. The molecule has 72 valence electrons. The maximum Gasteiger partial charge on any atom is 0.0492 e. The maximum atomic E-state index is 4.15. The van der Waals surface area contributed by atoms with E-state index in [1.165, 1.54) is 44.9 Å². The molecule has 12 heavy (non-hydrogen) atoms. The summed E-state index contributed by atoms with van der Waals surface area (Å²) in [5.41, 5.74) is 0. The van der Waals surface area contributed by atoms with E-state index in [4.69, 9.17) is 0 Å². The molecular weight excluding hydrogens is 146 g/mol. The summed E-state index contributed by atoms with van der Waals surface area (Å²) in [5.74, 6) is 0. The van der Waals surface area contributed by atoms with E-state index in [-0.39, 0.29) is 0 Å². The molecule has 1 heteroatoms. The number of unbranched alkanes of at least 4 members (excludes halogenated alkanes) is 3. The van der Waals surface area contributed by atoms with Crippen molar-refractivity contribution in [1.82, 2.24) is 0 Å². The van der Waals surface area contributed by atoms with Crippen molar-refractivity contribution < 1.29 is 0 Å². The summed E-state index contributed by atoms with van der Waals surface area (Å²) in [6.07, 6.45) is 9.04. The molecule has 0 aliphatic rings. The average Bonchev–Trinajstić information content (AvgIpc) is 2.11. The van der Waals surface area contributed by atoms with E-state index in [1.54, 1.807) is 0 Å². The molecular formula is C11H23N. The number of nitrogens with zero attached hydrogens (tertiary/aromatic N) is 1. The minimum atomic E-state index is 0.538. The second-order valence-electron chi connectivity index (χ2n) is 3.47. The van der Waals surface area contributed by atoms with Gasteiger partial charge in [-0.1, -0.05) is 46.0 Å². The van der Waals surface area contributed by atoms with Gasteiger partial charge in [-0.25, -0.2) is 0 Å². The summed E-state index contributed by atoms with van der Waals surface area (Å²) >= 11 is 0. The van der Waals surface area contributed by atoms with Crippen LogP contribution in [0, 0.1) is 0 Å². The van der Waals surface area contributed by atoms with E-state index in [0.29, 0.717) is 6.04 Å². The van der Waals surface area contributed by atoms with E-state index < -0.39 is 0 Å². The smallest absolute Gasteiger partial charge is 0.0492 e. The molecule has 0 radical (unpaired) electrons. The van der Waals surface area contributed by atoms with Crippen LogP contribution in [0.5, 0.6) is 0 Å². The Balaban J connectivity index is 3.32. The molecule has 0 aromatic carbocycles. The molecule has 0 rings (SSSR count). The normalized spacial score (nSPS) is 12.8. The van der Waals surface area contributed by atoms with Crippen molar-refractivity contribution in [2.45, 2.75) is 64.8 Å². The Labute approximate surface area is 77.3 Å². The summed E-state index contributed by atoms with van der Waals surface area (Å²) in [6, 6.07) is 0.538. The minimum Gasteiger partial charge on any atom is -0.298 e. The molecule has 0 fully saturated rings. The van der Waals surface area contributed by atoms with Crippen molar-refractivity contribution in [2.24, 2.45) is 4.99 Å². The van der Waals surface area contributed by atoms with Gasteiger partial charge in [0.25, 0.3) is 0 Å². The fraction of sp³-hybridized carbons (Fsp3) is 0.909. The molecule has 0 aliphatic carbocycles. The highest BCUT2D eigenvalue weighted by Crippen LogP contribution is 2.12. The van der Waals surface area contributed by atoms with Crippen LogP contribution in [0.2, 0.25) is 0 Å². The van der Waals surface area contributed by atoms with Gasteiger partial charge in [-0.15, -0.1) is 0 Å². The Morgan fingerprint density at radius 1 is 1.00 bits per heavy atom. The first-order valence-corrected chi connectivity index (χ1v) is 5.31. The van der Waals surface area contributed by atoms with Crippen molar-refractivity contribution in [1.29, 1.82) is 0 Å². The number of hydrogen-bond donors (Lipinski definition) is 0. The van der Waals surface area contributed by atoms with Gasteiger partial charge < -0.3 is 0 Å². The van der Waals surface area contributed by atoms with Gasteiger partial charge in [0.2, 0.25) is 0 Å². The van der Waals surface area contributed by atoms with Crippen LogP contribution in [0.3, 0.4) is 0 Å². The summed E-state index contributed by atoms with van der Waals surface area (Å²) < 4.78 is 0. The van der Waals surface area contributed by atoms with Gasteiger partial charge in [-0.2, -0.15) is 0 Å². The predicted octanol–water partition coefficient (Wildman–Crippen LogP) is 3.83. The lowest BCUT2D eigenvalue weighted by Gasteiger charge is -2.09. The highest BCUT2D eigenvalue weighted by atomic mass is 14.7. The lowest BCUT2D eigenvalue weighted by Crippen LogP contribution is -2.03. The molecule has 1 atom stereocenters. The molecule has 0 aromatic rings. The third kappa shape index (κ3) is 6.38. The second kappa shape index (κ2) is 8.76. The highest BCUT2D eigenvalue weighted by Gasteiger charge is 2.03. The standard InChI is InChI=1S/C11H23N/c1-4-6-8-10-11(12-3)9-7-5-2/h11H,3-10H2,1-2H3. The van der Waals surface area contributed by atoms with Gasteiger partial charge in [0.15, 0.2) is 0 Å². The third-order valence-electron chi connectivity index (χ3n) is 2.29. The topological polar surface area (TPSA) is 12.4 Å². The second-order valence-corrected chi connectivity index (χ2v) is 3.47. The van der Waals surface area contributed by atoms with Crippen LogP contribution < -0.4 is 0 Å². The molecule has 0 spiro atoms. The molecule has 0 amide bonds. The van der Waals surface area contributed by atoms with Gasteiger partial charge >= 0.3 is 0 Å². The van der Waals surface area contributed by atoms with Crippen molar-refractivity contribution in [3.05, 3.63) is 0 Å². The molecule has 0 saturated heterocycles. The molecule has 1 nitrogen and oxygen atoms in total. The quantitative estimate of drug-likeness (QED) is 0.387. The van der Waals surface area contributed by atoms with Crippen LogP contribution in [0.25, 0.3) is 0 Å². The molecule has 0 heterocycles. The summed E-state index contributed by atoms with van der Waals surface area (Å²) in [6.45, 7) is 8.11. The molecule has 0 bridgehead atoms. The van der Waals surface area contributed by atoms with Crippen molar-refractivity contribution >= 4 is 6.72 Å². The van der Waals surface area contributed by atoms with E-state index >= 15 is 0 Å². The van der Waals surface area contributed by atoms with E-state index in [9.17, 15) is 0 Å².